The second-order valence-electron chi connectivity index (χ2n) is 5.71. The number of carbonyl (C=O) groups is 1. The summed E-state index contributed by atoms with van der Waals surface area (Å²) in [6.07, 6.45) is 4.13. The van der Waals surface area contributed by atoms with Crippen LogP contribution >= 0.6 is 10.7 Å². The van der Waals surface area contributed by atoms with Gasteiger partial charge in [-0.2, -0.15) is 0 Å². The number of nitrogens with zero attached hydrogens (tertiary/aromatic N) is 1. The van der Waals surface area contributed by atoms with E-state index in [-0.39, 0.29) is 22.4 Å². The SMILES string of the molecule is O=C(c1ccc(S(=O)(=O)Cl)cc1F)N(CC1CC1)C1CC1. The molecule has 0 N–H and O–H groups in total. The lowest BCUT2D eigenvalue weighted by Gasteiger charge is -2.22. The second kappa shape index (κ2) is 5.25. The largest absolute Gasteiger partial charge is 0.335 e. The molecule has 4 nitrogen and oxygen atoms in total. The molecule has 2 aliphatic rings. The fourth-order valence-electron chi connectivity index (χ4n) is 2.34. The highest BCUT2D eigenvalue weighted by Gasteiger charge is 2.37. The molecule has 3 rings (SSSR count). The monoisotopic (exact) mass is 331 g/mol. The van der Waals surface area contributed by atoms with Gasteiger partial charge in [-0.05, 0) is 49.8 Å². The summed E-state index contributed by atoms with van der Waals surface area (Å²) in [5, 5.41) is 0. The average molecular weight is 332 g/mol. The van der Waals surface area contributed by atoms with Crippen molar-refractivity contribution in [2.45, 2.75) is 36.6 Å². The van der Waals surface area contributed by atoms with Gasteiger partial charge in [0.15, 0.2) is 0 Å². The van der Waals surface area contributed by atoms with Gasteiger partial charge < -0.3 is 4.90 Å². The molecular formula is C14H15ClFNO3S. The molecule has 2 fully saturated rings. The number of hydrogen-bond acceptors (Lipinski definition) is 3. The number of halogens is 2. The zero-order valence-corrected chi connectivity index (χ0v) is 12.8. The van der Waals surface area contributed by atoms with Crippen LogP contribution in [-0.4, -0.2) is 31.8 Å². The summed E-state index contributed by atoms with van der Waals surface area (Å²) in [5.41, 5.74) is -0.0911. The second-order valence-corrected chi connectivity index (χ2v) is 8.28. The van der Waals surface area contributed by atoms with Crippen molar-refractivity contribution >= 4 is 25.6 Å². The molecular weight excluding hydrogens is 317 g/mol. The van der Waals surface area contributed by atoms with Crippen molar-refractivity contribution in [1.29, 1.82) is 0 Å². The lowest BCUT2D eigenvalue weighted by Crippen LogP contribution is -2.35. The molecule has 0 aromatic heterocycles. The molecule has 2 saturated carbocycles. The van der Waals surface area contributed by atoms with Gasteiger partial charge in [0.05, 0.1) is 10.5 Å². The molecule has 0 atom stereocenters. The third kappa shape index (κ3) is 3.37. The highest BCUT2D eigenvalue weighted by Crippen LogP contribution is 2.36. The van der Waals surface area contributed by atoms with Gasteiger partial charge in [-0.15, -0.1) is 0 Å². The molecule has 0 spiro atoms. The van der Waals surface area contributed by atoms with Crippen LogP contribution in [-0.2, 0) is 9.05 Å². The maximum absolute atomic E-state index is 14.1. The first kappa shape index (κ1) is 14.8. The Hall–Kier alpha value is -1.14. The Morgan fingerprint density at radius 1 is 1.29 bits per heavy atom. The van der Waals surface area contributed by atoms with Gasteiger partial charge in [-0.25, -0.2) is 12.8 Å². The fourth-order valence-corrected chi connectivity index (χ4v) is 3.10. The molecule has 0 saturated heterocycles. The Balaban J connectivity index is 1.86. The van der Waals surface area contributed by atoms with Gasteiger partial charge in [0.25, 0.3) is 15.0 Å². The molecule has 1 amide bonds. The average Bonchev–Trinajstić information content (AvgIpc) is 3.25. The zero-order valence-electron chi connectivity index (χ0n) is 11.3. The van der Waals surface area contributed by atoms with E-state index in [1.54, 1.807) is 4.90 Å². The van der Waals surface area contributed by atoms with Crippen molar-refractivity contribution in [1.82, 2.24) is 4.90 Å². The van der Waals surface area contributed by atoms with E-state index in [0.29, 0.717) is 12.5 Å². The first-order valence-electron chi connectivity index (χ1n) is 6.91. The third-order valence-electron chi connectivity index (χ3n) is 3.85. The molecule has 1 aromatic carbocycles. The number of carbonyl (C=O) groups excluding carboxylic acids is 1. The lowest BCUT2D eigenvalue weighted by atomic mass is 10.1. The zero-order chi connectivity index (χ0) is 15.2. The van der Waals surface area contributed by atoms with Crippen molar-refractivity contribution in [3.8, 4) is 0 Å². The molecule has 0 heterocycles. The summed E-state index contributed by atoms with van der Waals surface area (Å²) in [6.45, 7) is 0.665. The van der Waals surface area contributed by atoms with Crippen LogP contribution in [0.25, 0.3) is 0 Å². The van der Waals surface area contributed by atoms with Gasteiger partial charge in [0.2, 0.25) is 0 Å². The Morgan fingerprint density at radius 3 is 2.43 bits per heavy atom. The fraction of sp³-hybridized carbons (Fsp3) is 0.500. The maximum Gasteiger partial charge on any atom is 0.261 e. The predicted molar refractivity (Wildman–Crippen MR) is 76.2 cm³/mol. The van der Waals surface area contributed by atoms with Gasteiger partial charge in [-0.3, -0.25) is 4.79 Å². The van der Waals surface area contributed by atoms with E-state index in [2.05, 4.69) is 0 Å². The summed E-state index contributed by atoms with van der Waals surface area (Å²) in [4.78, 5) is 13.9. The van der Waals surface area contributed by atoms with E-state index in [0.717, 1.165) is 31.7 Å². The Labute approximate surface area is 127 Å². The van der Waals surface area contributed by atoms with Gasteiger partial charge in [-0.1, -0.05) is 0 Å². The molecule has 0 bridgehead atoms. The van der Waals surface area contributed by atoms with Crippen LogP contribution in [0.2, 0.25) is 0 Å². The molecule has 114 valence electrons. The van der Waals surface area contributed by atoms with Crippen molar-refractivity contribution < 1.29 is 17.6 Å². The van der Waals surface area contributed by atoms with E-state index in [4.69, 9.17) is 10.7 Å². The molecule has 2 aliphatic carbocycles. The Bertz CT molecular complexity index is 683. The number of amides is 1. The summed E-state index contributed by atoms with van der Waals surface area (Å²) in [6, 6.07) is 3.38. The number of rotatable bonds is 5. The van der Waals surface area contributed by atoms with Crippen LogP contribution in [0, 0.1) is 11.7 Å². The van der Waals surface area contributed by atoms with Crippen LogP contribution in [0.3, 0.4) is 0 Å². The lowest BCUT2D eigenvalue weighted by molar-refractivity contribution is 0.0730. The van der Waals surface area contributed by atoms with Crippen molar-refractivity contribution in [2.75, 3.05) is 6.54 Å². The number of benzene rings is 1. The van der Waals surface area contributed by atoms with Crippen LogP contribution in [0.15, 0.2) is 23.1 Å². The first-order valence-corrected chi connectivity index (χ1v) is 9.22. The Morgan fingerprint density at radius 2 is 1.95 bits per heavy atom. The Kier molecular flexibility index (Phi) is 3.69. The van der Waals surface area contributed by atoms with Crippen LogP contribution in [0.1, 0.15) is 36.0 Å². The minimum Gasteiger partial charge on any atom is -0.335 e. The molecule has 0 radical (unpaired) electrons. The highest BCUT2D eigenvalue weighted by molar-refractivity contribution is 8.13. The third-order valence-corrected chi connectivity index (χ3v) is 5.20. The maximum atomic E-state index is 14.1. The summed E-state index contributed by atoms with van der Waals surface area (Å²) in [5.74, 6) is -0.677. The standard InChI is InChI=1S/C14H15ClFNO3S/c15-21(19,20)11-5-6-12(13(16)7-11)14(18)17(10-3-4-10)8-9-1-2-9/h5-7,9-10H,1-4,8H2. The van der Waals surface area contributed by atoms with E-state index in [1.807, 2.05) is 0 Å². The molecule has 21 heavy (non-hydrogen) atoms. The van der Waals surface area contributed by atoms with Gasteiger partial charge in [0.1, 0.15) is 5.82 Å². The van der Waals surface area contributed by atoms with Crippen molar-refractivity contribution in [3.63, 3.8) is 0 Å². The summed E-state index contributed by atoms with van der Waals surface area (Å²) in [7, 11) is 1.18. The van der Waals surface area contributed by atoms with Crippen molar-refractivity contribution in [3.05, 3.63) is 29.6 Å². The van der Waals surface area contributed by atoms with E-state index in [9.17, 15) is 17.6 Å². The van der Waals surface area contributed by atoms with E-state index >= 15 is 0 Å². The van der Waals surface area contributed by atoms with Crippen molar-refractivity contribution in [2.24, 2.45) is 5.92 Å². The van der Waals surface area contributed by atoms with E-state index < -0.39 is 14.9 Å². The number of hydrogen-bond donors (Lipinski definition) is 0. The topological polar surface area (TPSA) is 54.5 Å². The normalized spacial score (nSPS) is 18.6. The molecule has 0 aliphatic heterocycles. The summed E-state index contributed by atoms with van der Waals surface area (Å²) < 4.78 is 36.4. The van der Waals surface area contributed by atoms with Gasteiger partial charge >= 0.3 is 0 Å². The smallest absolute Gasteiger partial charge is 0.261 e. The highest BCUT2D eigenvalue weighted by atomic mass is 35.7. The summed E-state index contributed by atoms with van der Waals surface area (Å²) >= 11 is 0. The molecule has 7 heteroatoms. The molecule has 0 unspecified atom stereocenters. The van der Waals surface area contributed by atoms with Crippen LogP contribution in [0.4, 0.5) is 4.39 Å². The minimum absolute atomic E-state index is 0.0911. The minimum atomic E-state index is -3.99. The van der Waals surface area contributed by atoms with E-state index in [1.165, 1.54) is 12.1 Å². The van der Waals surface area contributed by atoms with Crippen LogP contribution in [0.5, 0.6) is 0 Å². The quantitative estimate of drug-likeness (QED) is 0.780. The predicted octanol–water partition coefficient (Wildman–Crippen LogP) is 2.77. The van der Waals surface area contributed by atoms with Gasteiger partial charge in [0, 0.05) is 23.3 Å². The molecule has 1 aromatic rings. The van der Waals surface area contributed by atoms with Crippen LogP contribution < -0.4 is 0 Å². The first-order chi connectivity index (χ1) is 9.86.